The summed E-state index contributed by atoms with van der Waals surface area (Å²) in [5.41, 5.74) is 1.23. The zero-order chi connectivity index (χ0) is 15.7. The second kappa shape index (κ2) is 5.61. The van der Waals surface area contributed by atoms with Gasteiger partial charge in [-0.1, -0.05) is 24.3 Å². The molecule has 0 aromatic heterocycles. The molecule has 0 bridgehead atoms. The van der Waals surface area contributed by atoms with Gasteiger partial charge in [0, 0.05) is 6.08 Å². The lowest BCUT2D eigenvalue weighted by Gasteiger charge is -2.11. The molecule has 1 aromatic carbocycles. The largest absolute Gasteiger partial charge is 0.298 e. The Labute approximate surface area is 129 Å². The van der Waals surface area contributed by atoms with E-state index < -0.39 is 10.8 Å². The highest BCUT2D eigenvalue weighted by molar-refractivity contribution is 8.18. The first kappa shape index (κ1) is 14.3. The van der Waals surface area contributed by atoms with Crippen LogP contribution in [0.15, 0.2) is 64.7 Å². The number of hydrogen-bond acceptors (Lipinski definition) is 5. The van der Waals surface area contributed by atoms with Crippen molar-refractivity contribution in [2.75, 3.05) is 4.90 Å². The Morgan fingerprint density at radius 3 is 2.55 bits per heavy atom. The van der Waals surface area contributed by atoms with E-state index in [1.807, 2.05) is 0 Å². The fourth-order valence-corrected chi connectivity index (χ4v) is 3.05. The molecule has 1 aromatic rings. The molecular formula is C15H10N2O4S. The Balaban J connectivity index is 1.81. The molecule has 7 heteroatoms. The first-order chi connectivity index (χ1) is 10.6. The number of allylic oxidation sites excluding steroid dienone is 4. The molecule has 1 heterocycles. The monoisotopic (exact) mass is 314 g/mol. The molecule has 0 unspecified atom stereocenters. The van der Waals surface area contributed by atoms with Crippen LogP contribution in [0.4, 0.5) is 10.5 Å². The molecule has 1 fully saturated rings. The van der Waals surface area contributed by atoms with Crippen molar-refractivity contribution in [2.24, 2.45) is 0 Å². The quantitative estimate of drug-likeness (QED) is 0.486. The number of hydrogen-bond donors (Lipinski definition) is 0. The van der Waals surface area contributed by atoms with Crippen molar-refractivity contribution in [3.05, 3.63) is 74.8 Å². The zero-order valence-electron chi connectivity index (χ0n) is 11.3. The number of para-hydroxylation sites is 1. The van der Waals surface area contributed by atoms with E-state index in [9.17, 15) is 19.7 Å². The number of carbonyl (C=O) groups excluding carboxylic acids is 2. The molecule has 3 rings (SSSR count). The third-order valence-corrected chi connectivity index (χ3v) is 4.10. The summed E-state index contributed by atoms with van der Waals surface area (Å²) in [4.78, 5) is 36.0. The maximum absolute atomic E-state index is 12.4. The number of thioether (sulfide) groups is 1. The first-order valence-electron chi connectivity index (χ1n) is 6.43. The summed E-state index contributed by atoms with van der Waals surface area (Å²) in [6, 6.07) is 8.65. The number of carbonyl (C=O) groups is 2. The van der Waals surface area contributed by atoms with Gasteiger partial charge in [-0.25, -0.2) is 4.90 Å². The minimum Gasteiger partial charge on any atom is -0.268 e. The molecule has 0 N–H and O–H groups in total. The Kier molecular flexibility index (Phi) is 3.64. The van der Waals surface area contributed by atoms with Crippen LogP contribution < -0.4 is 4.90 Å². The van der Waals surface area contributed by atoms with Gasteiger partial charge in [0.05, 0.1) is 21.9 Å². The van der Waals surface area contributed by atoms with E-state index in [2.05, 4.69) is 0 Å². The minimum atomic E-state index is -0.451. The van der Waals surface area contributed by atoms with Crippen LogP contribution in [-0.2, 0) is 4.79 Å². The summed E-state index contributed by atoms with van der Waals surface area (Å²) in [6.45, 7) is 0. The van der Waals surface area contributed by atoms with E-state index in [0.717, 1.165) is 16.7 Å². The number of anilines is 1. The molecule has 0 saturated carbocycles. The van der Waals surface area contributed by atoms with Crippen LogP contribution in [0.3, 0.4) is 0 Å². The van der Waals surface area contributed by atoms with Crippen molar-refractivity contribution in [1.29, 1.82) is 0 Å². The predicted molar refractivity (Wildman–Crippen MR) is 82.8 cm³/mol. The lowest BCUT2D eigenvalue weighted by Crippen LogP contribution is -2.27. The number of imide groups is 1. The molecular weight excluding hydrogens is 304 g/mol. The molecule has 0 spiro atoms. The number of benzene rings is 1. The van der Waals surface area contributed by atoms with Gasteiger partial charge in [0.25, 0.3) is 16.8 Å². The minimum absolute atomic E-state index is 0.0773. The van der Waals surface area contributed by atoms with Gasteiger partial charge >= 0.3 is 0 Å². The SMILES string of the molecule is O=C1S/C(=C\C2=CC=C([N+](=O)[O-])C2)C(=O)N1c1ccccc1. The van der Waals surface area contributed by atoms with Gasteiger partial charge in [-0.05, 0) is 35.5 Å². The van der Waals surface area contributed by atoms with Crippen LogP contribution in [-0.4, -0.2) is 16.1 Å². The topological polar surface area (TPSA) is 80.5 Å². The molecule has 110 valence electrons. The van der Waals surface area contributed by atoms with E-state index in [4.69, 9.17) is 0 Å². The molecule has 0 atom stereocenters. The molecule has 22 heavy (non-hydrogen) atoms. The fraction of sp³-hybridized carbons (Fsp3) is 0.0667. The highest BCUT2D eigenvalue weighted by Gasteiger charge is 2.36. The number of nitro groups is 1. The maximum atomic E-state index is 12.4. The van der Waals surface area contributed by atoms with Gasteiger partial charge in [-0.15, -0.1) is 0 Å². The summed E-state index contributed by atoms with van der Waals surface area (Å²) in [5.74, 6) is -0.406. The third kappa shape index (κ3) is 2.58. The van der Waals surface area contributed by atoms with E-state index in [-0.39, 0.29) is 22.3 Å². The van der Waals surface area contributed by atoms with Gasteiger partial charge in [0.1, 0.15) is 0 Å². The second-order valence-corrected chi connectivity index (χ2v) is 5.68. The van der Waals surface area contributed by atoms with Crippen LogP contribution in [0.25, 0.3) is 0 Å². The molecule has 1 saturated heterocycles. The zero-order valence-corrected chi connectivity index (χ0v) is 12.1. The third-order valence-electron chi connectivity index (χ3n) is 3.23. The average Bonchev–Trinajstić information content (AvgIpc) is 3.06. The van der Waals surface area contributed by atoms with Crippen LogP contribution in [0.5, 0.6) is 0 Å². The standard InChI is InChI=1S/C15H10N2O4S/c18-14-13(9-10-6-7-12(8-10)17(20)21)22-15(19)16(14)11-4-2-1-3-5-11/h1-7,9H,8H2/b13-9-. The van der Waals surface area contributed by atoms with E-state index >= 15 is 0 Å². The van der Waals surface area contributed by atoms with Crippen LogP contribution in [0.2, 0.25) is 0 Å². The molecule has 1 aliphatic carbocycles. The fourth-order valence-electron chi connectivity index (χ4n) is 2.19. The molecule has 1 aliphatic heterocycles. The van der Waals surface area contributed by atoms with Crippen LogP contribution in [0.1, 0.15) is 6.42 Å². The lowest BCUT2D eigenvalue weighted by molar-refractivity contribution is -0.426. The van der Waals surface area contributed by atoms with Crippen LogP contribution >= 0.6 is 11.8 Å². The molecule has 2 amide bonds. The first-order valence-corrected chi connectivity index (χ1v) is 7.25. The highest BCUT2D eigenvalue weighted by atomic mass is 32.2. The normalized spacial score (nSPS) is 19.6. The molecule has 2 aliphatic rings. The Morgan fingerprint density at radius 1 is 1.18 bits per heavy atom. The molecule has 6 nitrogen and oxygen atoms in total. The van der Waals surface area contributed by atoms with Crippen molar-refractivity contribution in [3.63, 3.8) is 0 Å². The van der Waals surface area contributed by atoms with Crippen LogP contribution in [0, 0.1) is 10.1 Å². The van der Waals surface area contributed by atoms with E-state index in [0.29, 0.717) is 11.3 Å². The van der Waals surface area contributed by atoms with Crippen molar-refractivity contribution >= 4 is 28.6 Å². The van der Waals surface area contributed by atoms with Crippen molar-refractivity contribution in [3.8, 4) is 0 Å². The summed E-state index contributed by atoms with van der Waals surface area (Å²) in [7, 11) is 0. The smallest absolute Gasteiger partial charge is 0.268 e. The Morgan fingerprint density at radius 2 is 1.91 bits per heavy atom. The summed E-state index contributed by atoms with van der Waals surface area (Å²) in [5, 5.41) is 10.3. The lowest BCUT2D eigenvalue weighted by atomic mass is 10.2. The van der Waals surface area contributed by atoms with Gasteiger partial charge in [0.15, 0.2) is 0 Å². The van der Waals surface area contributed by atoms with Crippen molar-refractivity contribution in [2.45, 2.75) is 6.42 Å². The van der Waals surface area contributed by atoms with Gasteiger partial charge in [-0.2, -0.15) is 0 Å². The van der Waals surface area contributed by atoms with Crippen molar-refractivity contribution in [1.82, 2.24) is 0 Å². The number of rotatable bonds is 3. The Bertz CT molecular complexity index is 765. The summed E-state index contributed by atoms with van der Waals surface area (Å²) >= 11 is 0.838. The maximum Gasteiger partial charge on any atom is 0.298 e. The predicted octanol–water partition coefficient (Wildman–Crippen LogP) is 3.26. The summed E-state index contributed by atoms with van der Waals surface area (Å²) < 4.78 is 0. The number of nitrogens with zero attached hydrogens (tertiary/aromatic N) is 2. The summed E-state index contributed by atoms with van der Waals surface area (Å²) in [6.07, 6.45) is 4.70. The highest BCUT2D eigenvalue weighted by Crippen LogP contribution is 2.36. The Hall–Kier alpha value is -2.67. The van der Waals surface area contributed by atoms with Gasteiger partial charge in [-0.3, -0.25) is 19.7 Å². The van der Waals surface area contributed by atoms with Gasteiger partial charge < -0.3 is 0 Å². The van der Waals surface area contributed by atoms with E-state index in [1.54, 1.807) is 42.5 Å². The van der Waals surface area contributed by atoms with Crippen molar-refractivity contribution < 1.29 is 14.5 Å². The second-order valence-electron chi connectivity index (χ2n) is 4.69. The van der Waals surface area contributed by atoms with Gasteiger partial charge in [0.2, 0.25) is 0 Å². The number of amides is 2. The molecule has 0 radical (unpaired) electrons. The average molecular weight is 314 g/mol. The van der Waals surface area contributed by atoms with E-state index in [1.165, 1.54) is 6.08 Å².